The minimum absolute atomic E-state index is 0.0529. The number of rotatable bonds is 3. The molecule has 0 aliphatic rings. The van der Waals surface area contributed by atoms with Crippen molar-refractivity contribution in [2.75, 3.05) is 0 Å². The normalized spacial score (nSPS) is 10.8. The van der Waals surface area contributed by atoms with Gasteiger partial charge in [0.15, 0.2) is 0 Å². The number of aromatic nitrogens is 1. The Morgan fingerprint density at radius 1 is 0.840 bits per heavy atom. The Hall–Kier alpha value is -2.57. The Balaban J connectivity index is 2.17. The topological polar surface area (TPSA) is 53.4 Å². The van der Waals surface area contributed by atoms with Crippen molar-refractivity contribution >= 4 is 12.6 Å². The molecule has 0 spiro atoms. The van der Waals surface area contributed by atoms with Crippen LogP contribution in [0.15, 0.2) is 48.8 Å². The van der Waals surface area contributed by atoms with Crippen molar-refractivity contribution in [2.45, 2.75) is 13.8 Å². The number of hydrogen-bond acceptors (Lipinski definition) is 3. The largest absolute Gasteiger partial charge is 0.489 e. The van der Waals surface area contributed by atoms with Crippen LogP contribution in [0.1, 0.15) is 11.1 Å². The van der Waals surface area contributed by atoms with E-state index < -0.39 is 12.9 Å². The second-order valence-corrected chi connectivity index (χ2v) is 5.96. The summed E-state index contributed by atoms with van der Waals surface area (Å²) in [6, 6.07) is 9.42. The molecule has 1 aromatic heterocycles. The van der Waals surface area contributed by atoms with Gasteiger partial charge in [0.2, 0.25) is 0 Å². The lowest BCUT2D eigenvalue weighted by Crippen LogP contribution is -2.32. The molecule has 1 heterocycles. The minimum atomic E-state index is -1.81. The van der Waals surface area contributed by atoms with Gasteiger partial charge in [-0.2, -0.15) is 0 Å². The van der Waals surface area contributed by atoms with Gasteiger partial charge in [-0.1, -0.05) is 24.3 Å². The quantitative estimate of drug-likeness (QED) is 0.722. The summed E-state index contributed by atoms with van der Waals surface area (Å²) in [4.78, 5) is 4.11. The van der Waals surface area contributed by atoms with E-state index in [1.165, 1.54) is 24.4 Å². The Morgan fingerprint density at radius 3 is 2.20 bits per heavy atom. The van der Waals surface area contributed by atoms with Crippen LogP contribution in [0.2, 0.25) is 0 Å². The summed E-state index contributed by atoms with van der Waals surface area (Å²) in [6.07, 6.45) is 2.99. The van der Waals surface area contributed by atoms with Gasteiger partial charge in [-0.25, -0.2) is 8.78 Å². The van der Waals surface area contributed by atoms with Crippen molar-refractivity contribution < 1.29 is 18.8 Å². The third-order valence-corrected chi connectivity index (χ3v) is 4.18. The van der Waals surface area contributed by atoms with Crippen LogP contribution in [0.25, 0.3) is 22.3 Å². The van der Waals surface area contributed by atoms with Crippen LogP contribution in [0, 0.1) is 25.5 Å². The molecule has 3 rings (SSSR count). The molecule has 3 nitrogen and oxygen atoms in total. The predicted octanol–water partition coefficient (Wildman–Crippen LogP) is 2.99. The average Bonchev–Trinajstić information content (AvgIpc) is 2.59. The second-order valence-electron chi connectivity index (χ2n) is 5.96. The number of hydrogen-bond donors (Lipinski definition) is 2. The van der Waals surface area contributed by atoms with Gasteiger partial charge in [-0.15, -0.1) is 0 Å². The maximum Gasteiger partial charge on any atom is 0.489 e. The van der Waals surface area contributed by atoms with Crippen LogP contribution in [0.5, 0.6) is 0 Å². The number of pyridine rings is 1. The molecular formula is C19H16BF2NO2. The number of halogens is 2. The molecule has 6 heteroatoms. The van der Waals surface area contributed by atoms with E-state index in [0.29, 0.717) is 27.8 Å². The summed E-state index contributed by atoms with van der Waals surface area (Å²) in [5, 5.41) is 19.1. The van der Waals surface area contributed by atoms with Crippen LogP contribution < -0.4 is 5.46 Å². The Kier molecular flexibility index (Phi) is 4.66. The highest BCUT2D eigenvalue weighted by atomic mass is 19.1. The average molecular weight is 339 g/mol. The van der Waals surface area contributed by atoms with E-state index in [4.69, 9.17) is 0 Å². The van der Waals surface area contributed by atoms with Gasteiger partial charge in [0, 0.05) is 29.1 Å². The standard InChI is InChI=1S/C19H16BF2NO2/c1-11-3-5-13(8-17(11)21)14-7-15(10-23-9-14)18-16(20(24)25)6-4-12(2)19(18)22/h3-10,24-25H,1-2H3. The Bertz CT molecular complexity index is 945. The van der Waals surface area contributed by atoms with Crippen molar-refractivity contribution in [1.82, 2.24) is 4.98 Å². The lowest BCUT2D eigenvalue weighted by molar-refractivity contribution is 0.425. The van der Waals surface area contributed by atoms with E-state index in [2.05, 4.69) is 4.98 Å². The first-order chi connectivity index (χ1) is 11.9. The SMILES string of the molecule is Cc1ccc(-c2cncc(-c3c(B(O)O)ccc(C)c3F)c2)cc1F. The molecule has 0 radical (unpaired) electrons. The maximum atomic E-state index is 14.6. The zero-order valence-corrected chi connectivity index (χ0v) is 13.8. The zero-order chi connectivity index (χ0) is 18.1. The van der Waals surface area contributed by atoms with E-state index in [1.807, 2.05) is 0 Å². The molecule has 0 fully saturated rings. The van der Waals surface area contributed by atoms with E-state index >= 15 is 0 Å². The highest BCUT2D eigenvalue weighted by Crippen LogP contribution is 2.28. The van der Waals surface area contributed by atoms with Crippen LogP contribution in [-0.2, 0) is 0 Å². The van der Waals surface area contributed by atoms with Crippen molar-refractivity contribution in [3.05, 3.63) is 71.6 Å². The van der Waals surface area contributed by atoms with Crippen molar-refractivity contribution in [3.8, 4) is 22.3 Å². The molecule has 0 saturated heterocycles. The van der Waals surface area contributed by atoms with Gasteiger partial charge in [-0.3, -0.25) is 4.98 Å². The van der Waals surface area contributed by atoms with Crippen LogP contribution in [0.3, 0.4) is 0 Å². The highest BCUT2D eigenvalue weighted by molar-refractivity contribution is 6.60. The molecule has 0 saturated carbocycles. The van der Waals surface area contributed by atoms with Gasteiger partial charge in [0.05, 0.1) is 0 Å². The predicted molar refractivity (Wildman–Crippen MR) is 94.3 cm³/mol. The lowest BCUT2D eigenvalue weighted by atomic mass is 9.74. The Morgan fingerprint density at radius 2 is 1.52 bits per heavy atom. The molecule has 2 aromatic carbocycles. The first kappa shape index (κ1) is 17.3. The van der Waals surface area contributed by atoms with Crippen LogP contribution in [0.4, 0.5) is 8.78 Å². The summed E-state index contributed by atoms with van der Waals surface area (Å²) in [7, 11) is -1.81. The van der Waals surface area contributed by atoms with Gasteiger partial charge in [0.25, 0.3) is 0 Å². The summed E-state index contributed by atoms with van der Waals surface area (Å²) in [5.74, 6) is -0.879. The molecule has 0 bridgehead atoms. The third kappa shape index (κ3) is 3.31. The minimum Gasteiger partial charge on any atom is -0.423 e. The Labute approximate surface area is 144 Å². The summed E-state index contributed by atoms with van der Waals surface area (Å²) < 4.78 is 28.5. The van der Waals surface area contributed by atoms with Gasteiger partial charge in [-0.05, 0) is 48.1 Å². The molecular weight excluding hydrogens is 323 g/mol. The molecule has 3 aromatic rings. The number of aryl methyl sites for hydroxylation is 2. The fraction of sp³-hybridized carbons (Fsp3) is 0.105. The first-order valence-electron chi connectivity index (χ1n) is 7.75. The fourth-order valence-corrected chi connectivity index (χ4v) is 2.71. The van der Waals surface area contributed by atoms with Crippen molar-refractivity contribution in [2.24, 2.45) is 0 Å². The van der Waals surface area contributed by atoms with E-state index in [-0.39, 0.29) is 16.8 Å². The van der Waals surface area contributed by atoms with E-state index in [9.17, 15) is 18.8 Å². The summed E-state index contributed by atoms with van der Waals surface area (Å²) >= 11 is 0. The van der Waals surface area contributed by atoms with Crippen LogP contribution in [-0.4, -0.2) is 22.2 Å². The molecule has 0 aliphatic heterocycles. The fourth-order valence-electron chi connectivity index (χ4n) is 2.71. The number of nitrogens with zero attached hydrogens (tertiary/aromatic N) is 1. The molecule has 126 valence electrons. The summed E-state index contributed by atoms with van der Waals surface area (Å²) in [6.45, 7) is 3.27. The molecule has 0 amide bonds. The van der Waals surface area contributed by atoms with Gasteiger partial charge < -0.3 is 10.0 Å². The smallest absolute Gasteiger partial charge is 0.423 e. The van der Waals surface area contributed by atoms with Crippen molar-refractivity contribution in [1.29, 1.82) is 0 Å². The van der Waals surface area contributed by atoms with Crippen molar-refractivity contribution in [3.63, 3.8) is 0 Å². The van der Waals surface area contributed by atoms with E-state index in [1.54, 1.807) is 38.2 Å². The van der Waals surface area contributed by atoms with Gasteiger partial charge in [0.1, 0.15) is 11.6 Å². The molecule has 2 N–H and O–H groups in total. The third-order valence-electron chi connectivity index (χ3n) is 4.18. The van der Waals surface area contributed by atoms with E-state index in [0.717, 1.165) is 0 Å². The number of benzene rings is 2. The maximum absolute atomic E-state index is 14.6. The molecule has 25 heavy (non-hydrogen) atoms. The first-order valence-corrected chi connectivity index (χ1v) is 7.75. The second kappa shape index (κ2) is 6.74. The van der Waals surface area contributed by atoms with Crippen LogP contribution >= 0.6 is 0 Å². The zero-order valence-electron chi connectivity index (χ0n) is 13.8. The highest BCUT2D eigenvalue weighted by Gasteiger charge is 2.22. The molecule has 0 aliphatic carbocycles. The molecule has 0 unspecified atom stereocenters. The summed E-state index contributed by atoms with van der Waals surface area (Å²) in [5.41, 5.74) is 2.65. The monoisotopic (exact) mass is 339 g/mol. The van der Waals surface area contributed by atoms with Gasteiger partial charge >= 0.3 is 7.12 Å². The lowest BCUT2D eigenvalue weighted by Gasteiger charge is -2.13. The molecule has 0 atom stereocenters.